The van der Waals surface area contributed by atoms with Crippen molar-refractivity contribution in [2.45, 2.75) is 27.2 Å². The van der Waals surface area contributed by atoms with Crippen molar-refractivity contribution < 1.29 is 9.59 Å². The lowest BCUT2D eigenvalue weighted by Gasteiger charge is -2.19. The zero-order valence-electron chi connectivity index (χ0n) is 17.3. The van der Waals surface area contributed by atoms with Crippen molar-refractivity contribution in [2.24, 2.45) is 5.92 Å². The number of anilines is 2. The van der Waals surface area contributed by atoms with Crippen LogP contribution in [-0.2, 0) is 9.59 Å². The van der Waals surface area contributed by atoms with Gasteiger partial charge >= 0.3 is 0 Å². The van der Waals surface area contributed by atoms with E-state index in [1.165, 1.54) is 0 Å². The molecular formula is C24H24ClN3O2. The minimum absolute atomic E-state index is 0.0607. The molecule has 5 nitrogen and oxygen atoms in total. The summed E-state index contributed by atoms with van der Waals surface area (Å²) in [6.07, 6.45) is 0.192. The van der Waals surface area contributed by atoms with Crippen molar-refractivity contribution in [1.82, 2.24) is 4.57 Å². The maximum Gasteiger partial charge on any atom is 0.229 e. The fraction of sp³-hybridized carbons (Fsp3) is 0.250. The molecule has 154 valence electrons. The normalized spacial score (nSPS) is 16.2. The van der Waals surface area contributed by atoms with Gasteiger partial charge in [0.25, 0.3) is 0 Å². The molecule has 1 aliphatic heterocycles. The minimum Gasteiger partial charge on any atom is -0.326 e. The van der Waals surface area contributed by atoms with Gasteiger partial charge in [0.1, 0.15) is 0 Å². The van der Waals surface area contributed by atoms with E-state index in [1.807, 2.05) is 43.3 Å². The molecule has 2 amide bonds. The van der Waals surface area contributed by atoms with E-state index in [-0.39, 0.29) is 18.2 Å². The summed E-state index contributed by atoms with van der Waals surface area (Å²) in [4.78, 5) is 27.0. The Labute approximate surface area is 181 Å². The molecule has 30 heavy (non-hydrogen) atoms. The van der Waals surface area contributed by atoms with Gasteiger partial charge in [-0.3, -0.25) is 9.59 Å². The first-order valence-corrected chi connectivity index (χ1v) is 10.3. The first kappa shape index (κ1) is 20.2. The molecule has 0 spiro atoms. The number of benzene rings is 2. The van der Waals surface area contributed by atoms with Gasteiger partial charge in [0, 0.05) is 46.4 Å². The van der Waals surface area contributed by atoms with Crippen LogP contribution in [-0.4, -0.2) is 22.9 Å². The van der Waals surface area contributed by atoms with Crippen molar-refractivity contribution in [3.05, 3.63) is 76.6 Å². The molecule has 0 aliphatic carbocycles. The molecule has 3 aromatic rings. The van der Waals surface area contributed by atoms with Gasteiger partial charge in [-0.1, -0.05) is 17.7 Å². The zero-order chi connectivity index (χ0) is 21.4. The third-order valence-electron chi connectivity index (χ3n) is 5.69. The molecule has 2 aromatic carbocycles. The van der Waals surface area contributed by atoms with Crippen molar-refractivity contribution >= 4 is 34.8 Å². The summed E-state index contributed by atoms with van der Waals surface area (Å²) in [6, 6.07) is 17.4. The van der Waals surface area contributed by atoms with Gasteiger partial charge in [0.15, 0.2) is 0 Å². The Balaban J connectivity index is 1.46. The summed E-state index contributed by atoms with van der Waals surface area (Å²) in [5.74, 6) is -0.606. The molecule has 1 N–H and O–H groups in total. The summed E-state index contributed by atoms with van der Waals surface area (Å²) < 4.78 is 2.16. The largest absolute Gasteiger partial charge is 0.326 e. The van der Waals surface area contributed by atoms with Crippen molar-refractivity contribution in [2.75, 3.05) is 16.8 Å². The highest BCUT2D eigenvalue weighted by atomic mass is 35.5. The second-order valence-electron chi connectivity index (χ2n) is 7.78. The summed E-state index contributed by atoms with van der Waals surface area (Å²) in [6.45, 7) is 6.36. The van der Waals surface area contributed by atoms with E-state index in [0.29, 0.717) is 11.6 Å². The summed E-state index contributed by atoms with van der Waals surface area (Å²) in [7, 11) is 0. The van der Waals surface area contributed by atoms with Gasteiger partial charge in [-0.05, 0) is 74.9 Å². The Bertz CT molecular complexity index is 1100. The van der Waals surface area contributed by atoms with Crippen molar-refractivity contribution in [3.63, 3.8) is 0 Å². The molecule has 6 heteroatoms. The van der Waals surface area contributed by atoms with Crippen molar-refractivity contribution in [1.29, 1.82) is 0 Å². The minimum atomic E-state index is -0.399. The topological polar surface area (TPSA) is 54.3 Å². The second-order valence-corrected chi connectivity index (χ2v) is 8.18. The lowest BCUT2D eigenvalue weighted by Crippen LogP contribution is -2.28. The van der Waals surface area contributed by atoms with Crippen LogP contribution in [0.25, 0.3) is 5.69 Å². The number of nitrogens with one attached hydrogen (secondary N) is 1. The number of rotatable bonds is 4. The summed E-state index contributed by atoms with van der Waals surface area (Å²) >= 11 is 6.20. The molecule has 0 saturated carbocycles. The second kappa shape index (κ2) is 8.00. The first-order chi connectivity index (χ1) is 14.3. The Kier molecular flexibility index (Phi) is 5.39. The van der Waals surface area contributed by atoms with Crippen LogP contribution < -0.4 is 10.2 Å². The van der Waals surface area contributed by atoms with Gasteiger partial charge in [0.05, 0.1) is 5.92 Å². The van der Waals surface area contributed by atoms with E-state index >= 15 is 0 Å². The van der Waals surface area contributed by atoms with Crippen LogP contribution in [0.15, 0.2) is 54.6 Å². The fourth-order valence-electron chi connectivity index (χ4n) is 4.02. The Morgan fingerprint density at radius 2 is 1.67 bits per heavy atom. The monoisotopic (exact) mass is 421 g/mol. The van der Waals surface area contributed by atoms with Crippen LogP contribution >= 0.6 is 11.6 Å². The maximum atomic E-state index is 12.8. The molecule has 0 bridgehead atoms. The van der Waals surface area contributed by atoms with Crippen LogP contribution in [0.1, 0.15) is 23.4 Å². The van der Waals surface area contributed by atoms with Gasteiger partial charge in [-0.15, -0.1) is 0 Å². The van der Waals surface area contributed by atoms with E-state index in [9.17, 15) is 9.59 Å². The number of amides is 2. The number of nitrogens with zero attached hydrogens (tertiary/aromatic N) is 2. The quantitative estimate of drug-likeness (QED) is 0.641. The highest BCUT2D eigenvalue weighted by Crippen LogP contribution is 2.32. The third-order valence-corrected chi connectivity index (χ3v) is 6.10. The molecule has 0 unspecified atom stereocenters. The maximum absolute atomic E-state index is 12.8. The van der Waals surface area contributed by atoms with Gasteiger partial charge in [-0.2, -0.15) is 0 Å². The molecule has 1 saturated heterocycles. The lowest BCUT2D eigenvalue weighted by molar-refractivity contribution is -0.122. The predicted octanol–water partition coefficient (Wildman–Crippen LogP) is 5.05. The molecular weight excluding hydrogens is 398 g/mol. The Morgan fingerprint density at radius 3 is 2.33 bits per heavy atom. The molecule has 0 radical (unpaired) electrons. The van der Waals surface area contributed by atoms with Gasteiger partial charge in [-0.25, -0.2) is 0 Å². The molecule has 1 atom stereocenters. The molecule has 1 aliphatic rings. The van der Waals surface area contributed by atoms with Crippen LogP contribution in [0.4, 0.5) is 11.4 Å². The number of aromatic nitrogens is 1. The van der Waals surface area contributed by atoms with E-state index < -0.39 is 5.92 Å². The summed E-state index contributed by atoms with van der Waals surface area (Å²) in [5.41, 5.74) is 5.70. The van der Waals surface area contributed by atoms with Crippen LogP contribution in [0.5, 0.6) is 0 Å². The number of carbonyl (C=O) groups excluding carboxylic acids is 2. The summed E-state index contributed by atoms with van der Waals surface area (Å²) in [5, 5.41) is 3.56. The number of carbonyl (C=O) groups is 2. The van der Waals surface area contributed by atoms with E-state index in [0.717, 1.165) is 34.0 Å². The Hall–Kier alpha value is -3.05. The smallest absolute Gasteiger partial charge is 0.229 e. The third kappa shape index (κ3) is 3.73. The molecule has 1 aromatic heterocycles. The molecule has 1 fully saturated rings. The van der Waals surface area contributed by atoms with Crippen molar-refractivity contribution in [3.8, 4) is 5.69 Å². The highest BCUT2D eigenvalue weighted by Gasteiger charge is 2.35. The highest BCUT2D eigenvalue weighted by molar-refractivity contribution is 6.31. The fourth-order valence-corrected chi connectivity index (χ4v) is 4.19. The number of aryl methyl sites for hydroxylation is 2. The number of hydrogen-bond acceptors (Lipinski definition) is 2. The average Bonchev–Trinajstić information content (AvgIpc) is 3.27. The van der Waals surface area contributed by atoms with E-state index in [4.69, 9.17) is 11.6 Å². The van der Waals surface area contributed by atoms with Crippen LogP contribution in [0.2, 0.25) is 5.02 Å². The SMILES string of the molecule is Cc1c(Cl)cccc1N1C[C@@H](C(=O)Nc2ccc(-n3c(C)ccc3C)cc2)CC1=O. The van der Waals surface area contributed by atoms with Crippen LogP contribution in [0, 0.1) is 26.7 Å². The van der Waals surface area contributed by atoms with Gasteiger partial charge < -0.3 is 14.8 Å². The molecule has 2 heterocycles. The average molecular weight is 422 g/mol. The van der Waals surface area contributed by atoms with E-state index in [2.05, 4.69) is 35.9 Å². The number of halogens is 1. The number of hydrogen-bond donors (Lipinski definition) is 1. The predicted molar refractivity (Wildman–Crippen MR) is 121 cm³/mol. The Morgan fingerprint density at radius 1 is 1.00 bits per heavy atom. The van der Waals surface area contributed by atoms with Gasteiger partial charge in [0.2, 0.25) is 11.8 Å². The lowest BCUT2D eigenvalue weighted by atomic mass is 10.1. The van der Waals surface area contributed by atoms with Crippen LogP contribution in [0.3, 0.4) is 0 Å². The zero-order valence-corrected chi connectivity index (χ0v) is 18.0. The molecule has 4 rings (SSSR count). The van der Waals surface area contributed by atoms with E-state index in [1.54, 1.807) is 11.0 Å². The standard InChI is InChI=1S/C24H24ClN3O2/c1-15-7-8-16(2)28(15)20-11-9-19(10-12-20)26-24(30)18-13-23(29)27(14-18)22-6-4-5-21(25)17(22)3/h4-12,18H,13-14H2,1-3H3,(H,26,30)/t18-/m0/s1. The first-order valence-electron chi connectivity index (χ1n) is 9.97.